The summed E-state index contributed by atoms with van der Waals surface area (Å²) in [4.78, 5) is 19.5. The van der Waals surface area contributed by atoms with Crippen LogP contribution >= 0.6 is 23.2 Å². The molecule has 2 aliphatic heterocycles. The van der Waals surface area contributed by atoms with Gasteiger partial charge in [0.1, 0.15) is 0 Å². The standard InChI is InChI=1S/C25H19Cl2N3O/c26-16-10-9-15(20(27)13-16)14-30-22-8-4-2-6-19(22)25(24(30)31)23-18(11-12-28-25)17-5-1-3-7-21(17)29-23/h1-10,13,28-29H,11-12,14H2/t25-/m0/s1. The summed E-state index contributed by atoms with van der Waals surface area (Å²) in [5, 5.41) is 5.90. The predicted octanol–water partition coefficient (Wildman–Crippen LogP) is 5.41. The smallest absolute Gasteiger partial charge is 0.258 e. The van der Waals surface area contributed by atoms with E-state index in [0.29, 0.717) is 16.6 Å². The summed E-state index contributed by atoms with van der Waals surface area (Å²) in [6.45, 7) is 1.11. The minimum Gasteiger partial charge on any atom is -0.356 e. The van der Waals surface area contributed by atoms with Gasteiger partial charge >= 0.3 is 0 Å². The van der Waals surface area contributed by atoms with Gasteiger partial charge in [-0.25, -0.2) is 0 Å². The fourth-order valence-electron chi connectivity index (χ4n) is 5.09. The van der Waals surface area contributed by atoms with Crippen molar-refractivity contribution in [3.8, 4) is 0 Å². The zero-order valence-corrected chi connectivity index (χ0v) is 18.1. The molecule has 0 unspecified atom stereocenters. The lowest BCUT2D eigenvalue weighted by molar-refractivity contribution is -0.123. The van der Waals surface area contributed by atoms with Crippen molar-refractivity contribution in [2.24, 2.45) is 0 Å². The zero-order valence-electron chi connectivity index (χ0n) is 16.6. The van der Waals surface area contributed by atoms with Crippen LogP contribution in [0.5, 0.6) is 0 Å². The second kappa shape index (κ2) is 6.86. The van der Waals surface area contributed by atoms with E-state index in [4.69, 9.17) is 23.2 Å². The Hall–Kier alpha value is -2.79. The molecule has 1 aromatic heterocycles. The lowest BCUT2D eigenvalue weighted by Crippen LogP contribution is -2.54. The van der Waals surface area contributed by atoms with E-state index in [1.807, 2.05) is 47.4 Å². The Kier molecular flexibility index (Phi) is 4.19. The molecule has 0 radical (unpaired) electrons. The maximum absolute atomic E-state index is 14.1. The lowest BCUT2D eigenvalue weighted by atomic mass is 9.82. The van der Waals surface area contributed by atoms with Crippen LogP contribution in [0.1, 0.15) is 22.4 Å². The van der Waals surface area contributed by atoms with Crippen molar-refractivity contribution in [2.75, 3.05) is 11.4 Å². The summed E-state index contributed by atoms with van der Waals surface area (Å²) in [6, 6.07) is 21.7. The van der Waals surface area contributed by atoms with Gasteiger partial charge in [-0.05, 0) is 41.8 Å². The Morgan fingerprint density at radius 1 is 1.00 bits per heavy atom. The number of benzene rings is 3. The second-order valence-electron chi connectivity index (χ2n) is 8.10. The van der Waals surface area contributed by atoms with Crippen molar-refractivity contribution in [3.05, 3.63) is 99.2 Å². The summed E-state index contributed by atoms with van der Waals surface area (Å²) in [5.74, 6) is 0.00669. The molecule has 0 saturated carbocycles. The third kappa shape index (κ3) is 2.62. The Labute approximate surface area is 189 Å². The molecular formula is C25H19Cl2N3O. The SMILES string of the molecule is O=C1N(Cc2ccc(Cl)cc2Cl)c2ccccc2[C@@]12NCCc1c2[nH]c2ccccc12. The number of aromatic amines is 1. The van der Waals surface area contributed by atoms with E-state index in [1.165, 1.54) is 10.9 Å². The maximum atomic E-state index is 14.1. The molecule has 31 heavy (non-hydrogen) atoms. The fraction of sp³-hybridized carbons (Fsp3) is 0.160. The molecule has 6 rings (SSSR count). The predicted molar refractivity (Wildman–Crippen MR) is 125 cm³/mol. The summed E-state index contributed by atoms with van der Waals surface area (Å²) >= 11 is 12.5. The molecule has 4 aromatic rings. The second-order valence-corrected chi connectivity index (χ2v) is 8.94. The van der Waals surface area contributed by atoms with Gasteiger partial charge in [-0.3, -0.25) is 10.1 Å². The minimum atomic E-state index is -0.928. The monoisotopic (exact) mass is 447 g/mol. The highest BCUT2D eigenvalue weighted by Gasteiger charge is 2.55. The molecule has 4 nitrogen and oxygen atoms in total. The average Bonchev–Trinajstić information content (AvgIpc) is 3.27. The Morgan fingerprint density at radius 2 is 1.81 bits per heavy atom. The number of para-hydroxylation sites is 2. The molecule has 1 amide bonds. The molecule has 0 aliphatic carbocycles. The van der Waals surface area contributed by atoms with Gasteiger partial charge in [-0.1, -0.05) is 65.7 Å². The van der Waals surface area contributed by atoms with Crippen LogP contribution in [0.2, 0.25) is 10.0 Å². The summed E-state index contributed by atoms with van der Waals surface area (Å²) in [5.41, 5.74) is 5.02. The number of fused-ring (bicyclic) bond motifs is 6. The van der Waals surface area contributed by atoms with Crippen molar-refractivity contribution in [3.63, 3.8) is 0 Å². The van der Waals surface area contributed by atoms with Crippen LogP contribution < -0.4 is 10.2 Å². The molecule has 6 heteroatoms. The zero-order chi connectivity index (χ0) is 21.2. The Balaban J connectivity index is 1.54. The minimum absolute atomic E-state index is 0.00669. The molecule has 1 spiro atoms. The van der Waals surface area contributed by atoms with E-state index in [9.17, 15) is 4.79 Å². The number of amides is 1. The van der Waals surface area contributed by atoms with Crippen LogP contribution in [0, 0.1) is 0 Å². The van der Waals surface area contributed by atoms with Gasteiger partial charge in [-0.2, -0.15) is 0 Å². The van der Waals surface area contributed by atoms with Crippen molar-refractivity contribution < 1.29 is 4.79 Å². The number of carbonyl (C=O) groups excluding carboxylic acids is 1. The van der Waals surface area contributed by atoms with E-state index in [-0.39, 0.29) is 5.91 Å². The number of carbonyl (C=O) groups is 1. The third-order valence-electron chi connectivity index (χ3n) is 6.46. The van der Waals surface area contributed by atoms with Crippen molar-refractivity contribution >= 4 is 45.7 Å². The van der Waals surface area contributed by atoms with Gasteiger partial charge in [0.05, 0.1) is 17.9 Å². The number of halogens is 2. The van der Waals surface area contributed by atoms with E-state index < -0.39 is 5.54 Å². The van der Waals surface area contributed by atoms with Crippen LogP contribution in [-0.2, 0) is 23.3 Å². The number of H-pyrrole nitrogens is 1. The van der Waals surface area contributed by atoms with Crippen LogP contribution in [0.25, 0.3) is 10.9 Å². The van der Waals surface area contributed by atoms with Gasteiger partial charge in [0.15, 0.2) is 5.54 Å². The number of hydrogen-bond acceptors (Lipinski definition) is 2. The fourth-order valence-corrected chi connectivity index (χ4v) is 5.55. The van der Waals surface area contributed by atoms with E-state index in [2.05, 4.69) is 22.4 Å². The lowest BCUT2D eigenvalue weighted by Gasteiger charge is -2.34. The van der Waals surface area contributed by atoms with Gasteiger partial charge in [0.25, 0.3) is 5.91 Å². The molecule has 0 fully saturated rings. The summed E-state index contributed by atoms with van der Waals surface area (Å²) < 4.78 is 0. The van der Waals surface area contributed by atoms with Gasteiger partial charge in [0.2, 0.25) is 0 Å². The van der Waals surface area contributed by atoms with Gasteiger partial charge < -0.3 is 9.88 Å². The van der Waals surface area contributed by atoms with Crippen LogP contribution in [0.15, 0.2) is 66.7 Å². The maximum Gasteiger partial charge on any atom is 0.258 e. The van der Waals surface area contributed by atoms with E-state index >= 15 is 0 Å². The van der Waals surface area contributed by atoms with Gasteiger partial charge in [0, 0.05) is 33.1 Å². The van der Waals surface area contributed by atoms with Crippen molar-refractivity contribution in [1.29, 1.82) is 0 Å². The summed E-state index contributed by atoms with van der Waals surface area (Å²) in [6.07, 6.45) is 0.875. The Bertz CT molecular complexity index is 1360. The Morgan fingerprint density at radius 3 is 2.68 bits per heavy atom. The normalized spacial score (nSPS) is 19.8. The number of rotatable bonds is 2. The topological polar surface area (TPSA) is 48.1 Å². The van der Waals surface area contributed by atoms with E-state index in [0.717, 1.165) is 41.0 Å². The number of anilines is 1. The first-order valence-corrected chi connectivity index (χ1v) is 11.1. The molecule has 1 atom stereocenters. The highest BCUT2D eigenvalue weighted by molar-refractivity contribution is 6.35. The van der Waals surface area contributed by atoms with Crippen LogP contribution in [0.4, 0.5) is 5.69 Å². The molecule has 3 heterocycles. The molecule has 0 saturated heterocycles. The largest absolute Gasteiger partial charge is 0.356 e. The van der Waals surface area contributed by atoms with Crippen LogP contribution in [0.3, 0.4) is 0 Å². The van der Waals surface area contributed by atoms with Crippen molar-refractivity contribution in [2.45, 2.75) is 18.5 Å². The molecule has 2 N–H and O–H groups in total. The van der Waals surface area contributed by atoms with Gasteiger partial charge in [-0.15, -0.1) is 0 Å². The molecule has 154 valence electrons. The molecule has 0 bridgehead atoms. The number of nitrogens with zero attached hydrogens (tertiary/aromatic N) is 1. The number of hydrogen-bond donors (Lipinski definition) is 2. The first-order chi connectivity index (χ1) is 15.1. The quantitative estimate of drug-likeness (QED) is 0.431. The third-order valence-corrected chi connectivity index (χ3v) is 7.05. The first kappa shape index (κ1) is 18.9. The highest BCUT2D eigenvalue weighted by Crippen LogP contribution is 2.48. The number of nitrogens with one attached hydrogen (secondary N) is 2. The van der Waals surface area contributed by atoms with Crippen LogP contribution in [-0.4, -0.2) is 17.4 Å². The number of aromatic nitrogens is 1. The highest BCUT2D eigenvalue weighted by atomic mass is 35.5. The molecule has 2 aliphatic rings. The van der Waals surface area contributed by atoms with Crippen molar-refractivity contribution in [1.82, 2.24) is 10.3 Å². The van der Waals surface area contributed by atoms with E-state index in [1.54, 1.807) is 12.1 Å². The summed E-state index contributed by atoms with van der Waals surface area (Å²) in [7, 11) is 0. The average molecular weight is 448 g/mol. The molecular weight excluding hydrogens is 429 g/mol. The first-order valence-electron chi connectivity index (χ1n) is 10.3. The molecule has 3 aromatic carbocycles.